The van der Waals surface area contributed by atoms with Gasteiger partial charge in [-0.05, 0) is 56.7 Å². The van der Waals surface area contributed by atoms with Crippen molar-refractivity contribution in [3.8, 4) is 0 Å². The van der Waals surface area contributed by atoms with Crippen LogP contribution in [0.5, 0.6) is 0 Å². The van der Waals surface area contributed by atoms with E-state index in [0.717, 1.165) is 71.5 Å². The van der Waals surface area contributed by atoms with Gasteiger partial charge in [0.25, 0.3) is 0 Å². The molecule has 0 atom stereocenters. The van der Waals surface area contributed by atoms with E-state index >= 15 is 0 Å². The van der Waals surface area contributed by atoms with Gasteiger partial charge in [0.2, 0.25) is 0 Å². The summed E-state index contributed by atoms with van der Waals surface area (Å²) in [6, 6.07) is 0.381. The van der Waals surface area contributed by atoms with Crippen LogP contribution in [-0.4, -0.2) is 88.5 Å². The maximum atomic E-state index is 11.3. The number of piperidine rings is 1. The molecule has 8 heteroatoms. The number of hydrogen-bond donors (Lipinski definition) is 2. The van der Waals surface area contributed by atoms with Gasteiger partial charge < -0.3 is 29.2 Å². The lowest BCUT2D eigenvalue weighted by molar-refractivity contribution is -0.295. The molecule has 182 valence electrons. The van der Waals surface area contributed by atoms with Crippen molar-refractivity contribution in [3.05, 3.63) is 0 Å². The molecule has 0 aliphatic carbocycles. The minimum absolute atomic E-state index is 0.177. The lowest BCUT2D eigenvalue weighted by Gasteiger charge is -2.59. The van der Waals surface area contributed by atoms with Gasteiger partial charge in [-0.2, -0.15) is 5.06 Å². The van der Waals surface area contributed by atoms with E-state index in [4.69, 9.17) is 18.6 Å². The van der Waals surface area contributed by atoms with Crippen LogP contribution in [0.25, 0.3) is 0 Å². The molecule has 0 radical (unpaired) electrons. The molecule has 3 fully saturated rings. The van der Waals surface area contributed by atoms with E-state index in [1.807, 2.05) is 0 Å². The summed E-state index contributed by atoms with van der Waals surface area (Å²) in [7, 11) is -1.70. The van der Waals surface area contributed by atoms with Crippen molar-refractivity contribution in [2.45, 2.75) is 94.5 Å². The van der Waals surface area contributed by atoms with Gasteiger partial charge in [0.1, 0.15) is 0 Å². The fraction of sp³-hybridized carbons (Fsp3) is 1.00. The summed E-state index contributed by atoms with van der Waals surface area (Å²) >= 11 is 0. The molecule has 3 aliphatic rings. The molecule has 0 aromatic carbocycles. The van der Waals surface area contributed by atoms with Crippen LogP contribution in [0.1, 0.15) is 59.3 Å². The Bertz CT molecular complexity index is 529. The molecule has 3 heterocycles. The Morgan fingerprint density at radius 3 is 1.94 bits per heavy atom. The van der Waals surface area contributed by atoms with E-state index in [2.05, 4.69) is 39.2 Å². The van der Waals surface area contributed by atoms with Crippen molar-refractivity contribution < 1.29 is 23.8 Å². The van der Waals surface area contributed by atoms with Gasteiger partial charge in [0.05, 0.1) is 30.9 Å². The van der Waals surface area contributed by atoms with Crippen molar-refractivity contribution in [1.29, 1.82) is 0 Å². The fourth-order valence-corrected chi connectivity index (χ4v) is 6.18. The van der Waals surface area contributed by atoms with E-state index in [-0.39, 0.29) is 16.1 Å². The third-order valence-electron chi connectivity index (χ3n) is 8.17. The number of nitrogens with zero attached hydrogens (tertiary/aromatic N) is 1. The van der Waals surface area contributed by atoms with Crippen LogP contribution in [0.3, 0.4) is 0 Å². The van der Waals surface area contributed by atoms with Crippen molar-refractivity contribution in [3.63, 3.8) is 0 Å². The zero-order valence-corrected chi connectivity index (χ0v) is 21.5. The molecule has 0 bridgehead atoms. The highest BCUT2D eigenvalue weighted by atomic mass is 28.4. The SMILES string of the molecule is CC(C)(C)[Si](C)(C)OCCOCCNC1CC2(CCOCC2)N(O)C2(CCOCC2)C1. The summed E-state index contributed by atoms with van der Waals surface area (Å²) in [6.45, 7) is 17.1. The third kappa shape index (κ3) is 6.09. The highest BCUT2D eigenvalue weighted by Crippen LogP contribution is 2.47. The lowest BCUT2D eigenvalue weighted by Crippen LogP contribution is -2.69. The Kier molecular flexibility index (Phi) is 8.63. The average molecular weight is 459 g/mol. The Labute approximate surface area is 190 Å². The van der Waals surface area contributed by atoms with E-state index in [1.54, 1.807) is 5.06 Å². The highest BCUT2D eigenvalue weighted by molar-refractivity contribution is 6.74. The minimum Gasteiger partial charge on any atom is -0.414 e. The van der Waals surface area contributed by atoms with Crippen LogP contribution < -0.4 is 5.32 Å². The number of hydroxylamine groups is 2. The molecule has 3 aliphatic heterocycles. The third-order valence-corrected chi connectivity index (χ3v) is 12.7. The summed E-state index contributed by atoms with van der Waals surface area (Å²) in [4.78, 5) is 0. The predicted octanol–water partition coefficient (Wildman–Crippen LogP) is 3.57. The summed E-state index contributed by atoms with van der Waals surface area (Å²) in [5.41, 5.74) is -0.354. The molecular formula is C23H46N2O5Si. The standard InChI is InChI=1S/C23H46N2O5Si/c1-21(2,3)31(4,5)30-17-16-29-15-10-24-20-18-22(6-11-27-12-7-22)25(26)23(19-20)8-13-28-14-9-23/h20,24,26H,6-19H2,1-5H3. The van der Waals surface area contributed by atoms with Gasteiger partial charge in [-0.15, -0.1) is 0 Å². The van der Waals surface area contributed by atoms with E-state index in [0.29, 0.717) is 25.9 Å². The number of hydrogen-bond acceptors (Lipinski definition) is 7. The first-order valence-electron chi connectivity index (χ1n) is 12.2. The molecule has 0 amide bonds. The first-order chi connectivity index (χ1) is 14.6. The molecular weight excluding hydrogens is 412 g/mol. The van der Waals surface area contributed by atoms with Crippen LogP contribution in [0.15, 0.2) is 0 Å². The predicted molar refractivity (Wildman–Crippen MR) is 124 cm³/mol. The molecule has 3 rings (SSSR count). The Hall–Kier alpha value is -0.0631. The molecule has 0 aromatic rings. The summed E-state index contributed by atoms with van der Waals surface area (Å²) in [5.74, 6) is 0. The zero-order valence-electron chi connectivity index (χ0n) is 20.5. The first kappa shape index (κ1) is 25.6. The second-order valence-electron chi connectivity index (χ2n) is 11.3. The molecule has 2 N–H and O–H groups in total. The van der Waals surface area contributed by atoms with Gasteiger partial charge >= 0.3 is 0 Å². The molecule has 3 saturated heterocycles. The molecule has 31 heavy (non-hydrogen) atoms. The fourth-order valence-electron chi connectivity index (χ4n) is 5.15. The Morgan fingerprint density at radius 1 is 0.935 bits per heavy atom. The van der Waals surface area contributed by atoms with Gasteiger partial charge in [-0.1, -0.05) is 20.8 Å². The van der Waals surface area contributed by atoms with Crippen LogP contribution in [-0.2, 0) is 18.6 Å². The van der Waals surface area contributed by atoms with Crippen molar-refractivity contribution in [2.24, 2.45) is 0 Å². The molecule has 0 saturated carbocycles. The monoisotopic (exact) mass is 458 g/mol. The lowest BCUT2D eigenvalue weighted by atomic mass is 9.69. The number of ether oxygens (including phenoxy) is 3. The molecule has 2 spiro atoms. The second kappa shape index (κ2) is 10.5. The smallest absolute Gasteiger partial charge is 0.192 e. The summed E-state index contributed by atoms with van der Waals surface area (Å²) in [6.07, 6.45) is 5.50. The molecule has 0 unspecified atom stereocenters. The summed E-state index contributed by atoms with van der Waals surface area (Å²) < 4.78 is 23.3. The van der Waals surface area contributed by atoms with E-state index in [9.17, 15) is 5.21 Å². The van der Waals surface area contributed by atoms with Crippen LogP contribution in [0, 0.1) is 0 Å². The maximum Gasteiger partial charge on any atom is 0.192 e. The van der Waals surface area contributed by atoms with Crippen molar-refractivity contribution in [2.75, 3.05) is 52.8 Å². The van der Waals surface area contributed by atoms with Gasteiger partial charge in [0.15, 0.2) is 8.32 Å². The van der Waals surface area contributed by atoms with Crippen LogP contribution >= 0.6 is 0 Å². The topological polar surface area (TPSA) is 72.4 Å². The van der Waals surface area contributed by atoms with Gasteiger partial charge in [-0.3, -0.25) is 0 Å². The van der Waals surface area contributed by atoms with Gasteiger partial charge in [0, 0.05) is 39.0 Å². The normalized spacial score (nSPS) is 27.1. The molecule has 7 nitrogen and oxygen atoms in total. The minimum atomic E-state index is -1.70. The maximum absolute atomic E-state index is 11.3. The number of nitrogens with one attached hydrogen (secondary N) is 1. The molecule has 0 aromatic heterocycles. The van der Waals surface area contributed by atoms with Crippen LogP contribution in [0.2, 0.25) is 18.1 Å². The number of rotatable bonds is 8. The van der Waals surface area contributed by atoms with E-state index < -0.39 is 8.32 Å². The largest absolute Gasteiger partial charge is 0.414 e. The van der Waals surface area contributed by atoms with Crippen molar-refractivity contribution in [1.82, 2.24) is 10.4 Å². The zero-order chi connectivity index (χ0) is 22.6. The second-order valence-corrected chi connectivity index (χ2v) is 16.1. The Balaban J connectivity index is 1.45. The first-order valence-corrected chi connectivity index (χ1v) is 15.1. The summed E-state index contributed by atoms with van der Waals surface area (Å²) in [5, 5.41) is 17.0. The Morgan fingerprint density at radius 2 is 1.45 bits per heavy atom. The van der Waals surface area contributed by atoms with Crippen LogP contribution in [0.4, 0.5) is 0 Å². The average Bonchev–Trinajstić information content (AvgIpc) is 2.72. The highest BCUT2D eigenvalue weighted by Gasteiger charge is 2.55. The van der Waals surface area contributed by atoms with E-state index in [1.165, 1.54) is 0 Å². The van der Waals surface area contributed by atoms with Gasteiger partial charge in [-0.25, -0.2) is 0 Å². The van der Waals surface area contributed by atoms with Crippen molar-refractivity contribution >= 4 is 8.32 Å². The quantitative estimate of drug-likeness (QED) is 0.425.